The van der Waals surface area contributed by atoms with E-state index >= 15 is 0 Å². The summed E-state index contributed by atoms with van der Waals surface area (Å²) in [6, 6.07) is 0. The highest BCUT2D eigenvalue weighted by Gasteiger charge is 3.01. The van der Waals surface area contributed by atoms with Crippen molar-refractivity contribution < 1.29 is 158 Å². The summed E-state index contributed by atoms with van der Waals surface area (Å²) < 4.78 is 461. The summed E-state index contributed by atoms with van der Waals surface area (Å²) >= 11 is 3.13. The first kappa shape index (κ1) is 51.9. The molecule has 0 aromatic carbocycles. The Balaban J connectivity index is 7.64. The van der Waals surface area contributed by atoms with Crippen molar-refractivity contribution in [3.05, 3.63) is 0 Å². The SMILES string of the molecule is O=S(=O)([O-])C(F)(F)C(F)(F)OC(F)(F)C(F)(F)C(F)(F)C(F)(F)C(F)(F)C(F)(F)C(F)(F)C(F)(F)C(F)(F)C(F)(F)C(F)(F)C(F)(F)C(F)(F)C(F)(F)Cl. The molecular weight excluding hydrogens is 932 g/mol. The summed E-state index contributed by atoms with van der Waals surface area (Å²) in [4.78, 5) is 0. The molecule has 0 heterocycles. The summed E-state index contributed by atoms with van der Waals surface area (Å²) in [7, 11) is -8.29. The maximum Gasteiger partial charge on any atom is 0.438 e. The van der Waals surface area contributed by atoms with Gasteiger partial charge in [-0.15, -0.1) is 0 Å². The Kier molecular flexibility index (Phi) is 12.0. The Morgan fingerprint density at radius 2 is 0.481 bits per heavy atom. The summed E-state index contributed by atoms with van der Waals surface area (Å²) in [6.07, 6.45) is -17.3. The minimum Gasteiger partial charge on any atom is -0.743 e. The van der Waals surface area contributed by atoms with Crippen molar-refractivity contribution >= 4 is 21.7 Å². The second kappa shape index (κ2) is 12.5. The van der Waals surface area contributed by atoms with Crippen LogP contribution in [0.3, 0.4) is 0 Å². The van der Waals surface area contributed by atoms with Crippen LogP contribution in [-0.4, -0.2) is 107 Å². The van der Waals surface area contributed by atoms with E-state index in [4.69, 9.17) is 0 Å². The molecule has 0 rings (SSSR count). The highest BCUT2D eigenvalue weighted by atomic mass is 35.5. The first-order valence-electron chi connectivity index (χ1n) is 10.8. The van der Waals surface area contributed by atoms with Crippen molar-refractivity contribution in [2.75, 3.05) is 0 Å². The van der Waals surface area contributed by atoms with E-state index in [1.165, 1.54) is 0 Å². The third-order valence-electron chi connectivity index (χ3n) is 5.97. The van der Waals surface area contributed by atoms with Gasteiger partial charge in [-0.05, 0) is 11.6 Å². The van der Waals surface area contributed by atoms with Gasteiger partial charge in [0.05, 0.1) is 0 Å². The van der Waals surface area contributed by atoms with Crippen LogP contribution in [0.1, 0.15) is 0 Å². The van der Waals surface area contributed by atoms with Gasteiger partial charge in [-0.2, -0.15) is 140 Å². The molecule has 4 nitrogen and oxygen atoms in total. The summed E-state index contributed by atoms with van der Waals surface area (Å²) in [5.74, 6) is -117. The normalized spacial score (nSPS) is 17.3. The van der Waals surface area contributed by atoms with Crippen molar-refractivity contribution in [2.24, 2.45) is 0 Å². The lowest BCUT2D eigenvalue weighted by Gasteiger charge is -2.46. The largest absolute Gasteiger partial charge is 0.743 e. The average molecular weight is 932 g/mol. The molecule has 38 heteroatoms. The summed E-state index contributed by atoms with van der Waals surface area (Å²) in [5.41, 5.74) is 0. The Morgan fingerprint density at radius 3 is 0.648 bits per heavy atom. The van der Waals surface area contributed by atoms with Gasteiger partial charge in [0, 0.05) is 0 Å². The number of rotatable bonds is 17. The first-order valence-corrected chi connectivity index (χ1v) is 12.6. The summed E-state index contributed by atoms with van der Waals surface area (Å²) in [5, 5.41) is -15.4. The van der Waals surface area contributed by atoms with E-state index in [2.05, 4.69) is 11.6 Å². The number of ether oxygens (including phenoxy) is 1. The van der Waals surface area contributed by atoms with Crippen LogP contribution in [0.4, 0.5) is 140 Å². The van der Waals surface area contributed by atoms with Crippen LogP contribution in [0, 0.1) is 0 Å². The third kappa shape index (κ3) is 6.19. The molecular formula is C16ClF32O4S-. The van der Waals surface area contributed by atoms with E-state index in [9.17, 15) is 153 Å². The molecule has 0 saturated heterocycles. The zero-order chi connectivity index (χ0) is 45.2. The lowest BCUT2D eigenvalue weighted by molar-refractivity contribution is -0.509. The monoisotopic (exact) mass is 931 g/mol. The van der Waals surface area contributed by atoms with Crippen LogP contribution < -0.4 is 0 Å². The van der Waals surface area contributed by atoms with Crippen LogP contribution in [0.15, 0.2) is 0 Å². The standard InChI is InChI=1S/C16HClF32O4S/c17-13(42,43)11(38,39)9(34,35)7(30,31)5(26,27)3(22,23)1(18,19)2(20,21)4(24,25)6(28,29)8(32,33)10(36,37)12(40,41)14(44,45)53-15(46,47)16(48,49)54(50,51)52/h(H,50,51,52)/p-1. The zero-order valence-electron chi connectivity index (χ0n) is 22.5. The van der Waals surface area contributed by atoms with Crippen LogP contribution in [-0.2, 0) is 14.9 Å². The first-order chi connectivity index (χ1) is 22.5. The minimum atomic E-state index is -10.2. The van der Waals surface area contributed by atoms with Gasteiger partial charge in [-0.25, -0.2) is 13.2 Å². The smallest absolute Gasteiger partial charge is 0.438 e. The van der Waals surface area contributed by atoms with E-state index in [0.717, 1.165) is 4.74 Å². The predicted octanol–water partition coefficient (Wildman–Crippen LogP) is 9.78. The van der Waals surface area contributed by atoms with E-state index in [1.54, 1.807) is 0 Å². The van der Waals surface area contributed by atoms with Crippen molar-refractivity contribution in [1.82, 2.24) is 0 Å². The molecule has 0 bridgehead atoms. The predicted molar refractivity (Wildman–Crippen MR) is 95.8 cm³/mol. The van der Waals surface area contributed by atoms with Gasteiger partial charge in [0.15, 0.2) is 10.1 Å². The van der Waals surface area contributed by atoms with Gasteiger partial charge in [0.2, 0.25) is 0 Å². The lowest BCUT2D eigenvalue weighted by atomic mass is 9.84. The molecule has 0 saturated carbocycles. The quantitative estimate of drug-likeness (QED) is 0.0829. The molecule has 54 heavy (non-hydrogen) atoms. The Morgan fingerprint density at radius 1 is 0.315 bits per heavy atom. The number of hydrogen-bond acceptors (Lipinski definition) is 4. The summed E-state index contributed by atoms with van der Waals surface area (Å²) in [6.45, 7) is 0. The van der Waals surface area contributed by atoms with Gasteiger partial charge in [-0.3, -0.25) is 0 Å². The highest BCUT2D eigenvalue weighted by molar-refractivity contribution is 7.86. The van der Waals surface area contributed by atoms with E-state index in [-0.39, 0.29) is 0 Å². The molecule has 0 fully saturated rings. The molecule has 0 amide bonds. The topological polar surface area (TPSA) is 66.4 Å². The number of halogens is 33. The molecule has 0 aromatic heterocycles. The van der Waals surface area contributed by atoms with Crippen LogP contribution in [0.2, 0.25) is 0 Å². The second-order valence-corrected chi connectivity index (χ2v) is 11.4. The molecule has 0 N–H and O–H groups in total. The fourth-order valence-electron chi connectivity index (χ4n) is 2.76. The molecule has 0 aliphatic heterocycles. The van der Waals surface area contributed by atoms with Crippen molar-refractivity contribution in [1.29, 1.82) is 0 Å². The average Bonchev–Trinajstić information content (AvgIpc) is 2.89. The van der Waals surface area contributed by atoms with Gasteiger partial charge in [-0.1, -0.05) is 0 Å². The second-order valence-electron chi connectivity index (χ2n) is 9.50. The van der Waals surface area contributed by atoms with Gasteiger partial charge in [0.1, 0.15) is 0 Å². The molecule has 0 aliphatic carbocycles. The van der Waals surface area contributed by atoms with Crippen LogP contribution >= 0.6 is 11.6 Å². The van der Waals surface area contributed by atoms with Crippen molar-refractivity contribution in [3.8, 4) is 0 Å². The molecule has 0 atom stereocenters. The molecule has 0 spiro atoms. The maximum atomic E-state index is 13.8. The zero-order valence-corrected chi connectivity index (χ0v) is 24.1. The number of hydrogen-bond donors (Lipinski definition) is 0. The Hall–Kier alpha value is -2.08. The van der Waals surface area contributed by atoms with E-state index in [0.29, 0.717) is 0 Å². The maximum absolute atomic E-state index is 13.8. The lowest BCUT2D eigenvalue weighted by Crippen LogP contribution is -2.79. The van der Waals surface area contributed by atoms with Gasteiger partial charge >= 0.3 is 93.9 Å². The molecule has 0 aliphatic rings. The Labute approximate surface area is 275 Å². The van der Waals surface area contributed by atoms with Crippen molar-refractivity contribution in [2.45, 2.75) is 93.9 Å². The molecule has 326 valence electrons. The van der Waals surface area contributed by atoms with Gasteiger partial charge in [0.25, 0.3) is 0 Å². The van der Waals surface area contributed by atoms with E-state index in [1.807, 2.05) is 0 Å². The Bertz CT molecular complexity index is 1510. The fraction of sp³-hybridized carbons (Fsp3) is 1.00. The van der Waals surface area contributed by atoms with Crippen LogP contribution in [0.5, 0.6) is 0 Å². The molecule has 0 unspecified atom stereocenters. The fourth-order valence-corrected chi connectivity index (χ4v) is 3.21. The van der Waals surface area contributed by atoms with E-state index < -0.39 is 104 Å². The van der Waals surface area contributed by atoms with Gasteiger partial charge < -0.3 is 4.55 Å². The molecule has 0 aromatic rings. The molecule has 0 radical (unpaired) electrons. The number of alkyl halides is 33. The highest BCUT2D eigenvalue weighted by Crippen LogP contribution is 2.69. The van der Waals surface area contributed by atoms with Crippen LogP contribution in [0.25, 0.3) is 0 Å². The minimum absolute atomic E-state index is 0.786. The van der Waals surface area contributed by atoms with Crippen molar-refractivity contribution in [3.63, 3.8) is 0 Å². The third-order valence-corrected chi connectivity index (χ3v) is 7.07.